The summed E-state index contributed by atoms with van der Waals surface area (Å²) in [6.07, 6.45) is 2.37. The maximum Gasteiger partial charge on any atom is 0.231 e. The van der Waals surface area contributed by atoms with Crippen molar-refractivity contribution in [2.75, 3.05) is 26.8 Å². The second kappa shape index (κ2) is 6.29. The molecule has 1 aliphatic heterocycles. The Morgan fingerprint density at radius 2 is 2.00 bits per heavy atom. The summed E-state index contributed by atoms with van der Waals surface area (Å²) in [5.74, 6) is 3.65. The van der Waals surface area contributed by atoms with Gasteiger partial charge in [0.15, 0.2) is 5.82 Å². The molecule has 24 heavy (non-hydrogen) atoms. The lowest BCUT2D eigenvalue weighted by Crippen LogP contribution is -2.21. The molecule has 2 aromatic heterocycles. The number of rotatable bonds is 6. The first-order chi connectivity index (χ1) is 11.7. The molecule has 0 aromatic carbocycles. The van der Waals surface area contributed by atoms with E-state index in [2.05, 4.69) is 20.2 Å². The number of hydrogen-bond acceptors (Lipinski definition) is 7. The molecule has 0 radical (unpaired) electrons. The van der Waals surface area contributed by atoms with Gasteiger partial charge in [-0.05, 0) is 26.7 Å². The lowest BCUT2D eigenvalue weighted by atomic mass is 9.97. The van der Waals surface area contributed by atoms with Crippen LogP contribution in [-0.2, 0) is 11.3 Å². The number of aryl methyl sites for hydroxylation is 2. The fourth-order valence-corrected chi connectivity index (χ4v) is 3.61. The van der Waals surface area contributed by atoms with Gasteiger partial charge in [0.05, 0.1) is 18.2 Å². The highest BCUT2D eigenvalue weighted by atomic mass is 16.5. The monoisotopic (exact) mass is 332 g/mol. The zero-order chi connectivity index (χ0) is 16.7. The molecule has 7 nitrogen and oxygen atoms in total. The van der Waals surface area contributed by atoms with Gasteiger partial charge in [-0.1, -0.05) is 10.3 Å². The summed E-state index contributed by atoms with van der Waals surface area (Å²) in [5, 5.41) is 8.23. The summed E-state index contributed by atoms with van der Waals surface area (Å²) in [6, 6.07) is 0. The van der Waals surface area contributed by atoms with Gasteiger partial charge in [0.25, 0.3) is 0 Å². The van der Waals surface area contributed by atoms with Crippen molar-refractivity contribution in [3.05, 3.63) is 28.7 Å². The Kier molecular flexibility index (Phi) is 4.14. The first kappa shape index (κ1) is 15.8. The van der Waals surface area contributed by atoms with E-state index >= 15 is 0 Å². The van der Waals surface area contributed by atoms with Gasteiger partial charge in [-0.3, -0.25) is 4.90 Å². The molecule has 130 valence electrons. The molecule has 2 atom stereocenters. The van der Waals surface area contributed by atoms with E-state index in [-0.39, 0.29) is 5.92 Å². The third-order valence-corrected chi connectivity index (χ3v) is 5.18. The topological polar surface area (TPSA) is 77.4 Å². The normalized spacial score (nSPS) is 24.8. The Hall–Kier alpha value is -1.73. The second-order valence-electron chi connectivity index (χ2n) is 7.08. The molecule has 2 fully saturated rings. The van der Waals surface area contributed by atoms with Crippen molar-refractivity contribution in [3.8, 4) is 0 Å². The lowest BCUT2D eigenvalue weighted by molar-refractivity contribution is 0.142. The van der Waals surface area contributed by atoms with Gasteiger partial charge in [-0.25, -0.2) is 0 Å². The smallest absolute Gasteiger partial charge is 0.231 e. The van der Waals surface area contributed by atoms with Crippen LogP contribution < -0.4 is 0 Å². The van der Waals surface area contributed by atoms with Crippen molar-refractivity contribution >= 4 is 0 Å². The Bertz CT molecular complexity index is 687. The predicted octanol–water partition coefficient (Wildman–Crippen LogP) is 2.41. The van der Waals surface area contributed by atoms with Crippen LogP contribution in [0.2, 0.25) is 0 Å². The first-order valence-electron chi connectivity index (χ1n) is 8.62. The molecule has 7 heteroatoms. The van der Waals surface area contributed by atoms with Crippen LogP contribution in [-0.4, -0.2) is 47.0 Å². The summed E-state index contributed by atoms with van der Waals surface area (Å²) >= 11 is 0. The number of methoxy groups -OCH3 is 1. The molecule has 0 spiro atoms. The fourth-order valence-electron chi connectivity index (χ4n) is 3.61. The standard InChI is InChI=1S/C17H24N4O3/c1-10-14(11(2)23-19-10)7-21-6-13(9-22-3)15(8-21)17-18-16(20-24-17)12-4-5-12/h12-13,15H,4-9H2,1-3H3/t13-,15+/m0/s1. The summed E-state index contributed by atoms with van der Waals surface area (Å²) < 4.78 is 16.3. The molecule has 3 heterocycles. The number of hydrogen-bond donors (Lipinski definition) is 0. The van der Waals surface area contributed by atoms with Gasteiger partial charge < -0.3 is 13.8 Å². The minimum absolute atomic E-state index is 0.227. The van der Waals surface area contributed by atoms with Gasteiger partial charge >= 0.3 is 0 Å². The van der Waals surface area contributed by atoms with Gasteiger partial charge in [-0.15, -0.1) is 0 Å². The van der Waals surface area contributed by atoms with E-state index in [1.165, 1.54) is 18.4 Å². The Balaban J connectivity index is 1.50. The Labute approximate surface area is 141 Å². The van der Waals surface area contributed by atoms with Crippen LogP contribution in [0.3, 0.4) is 0 Å². The molecular weight excluding hydrogens is 308 g/mol. The number of likely N-dealkylation sites (tertiary alicyclic amines) is 1. The number of ether oxygens (including phenoxy) is 1. The van der Waals surface area contributed by atoms with Gasteiger partial charge in [0.2, 0.25) is 5.89 Å². The van der Waals surface area contributed by atoms with Crippen LogP contribution in [0.25, 0.3) is 0 Å². The van der Waals surface area contributed by atoms with Crippen molar-refractivity contribution in [2.24, 2.45) is 5.92 Å². The third-order valence-electron chi connectivity index (χ3n) is 5.18. The van der Waals surface area contributed by atoms with E-state index in [9.17, 15) is 0 Å². The zero-order valence-corrected chi connectivity index (χ0v) is 14.5. The van der Waals surface area contributed by atoms with Crippen LogP contribution >= 0.6 is 0 Å². The van der Waals surface area contributed by atoms with E-state index in [0.29, 0.717) is 18.4 Å². The lowest BCUT2D eigenvalue weighted by Gasteiger charge is -2.15. The molecule has 2 aliphatic rings. The summed E-state index contributed by atoms with van der Waals surface area (Å²) in [5.41, 5.74) is 2.14. The largest absolute Gasteiger partial charge is 0.384 e. The van der Waals surface area contributed by atoms with Crippen LogP contribution in [0.5, 0.6) is 0 Å². The highest BCUT2D eigenvalue weighted by Crippen LogP contribution is 2.40. The van der Waals surface area contributed by atoms with E-state index in [4.69, 9.17) is 13.8 Å². The summed E-state index contributed by atoms with van der Waals surface area (Å²) in [6.45, 7) is 7.33. The maximum absolute atomic E-state index is 5.58. The molecule has 0 N–H and O–H groups in total. The fraction of sp³-hybridized carbons (Fsp3) is 0.706. The van der Waals surface area contributed by atoms with E-state index < -0.39 is 0 Å². The zero-order valence-electron chi connectivity index (χ0n) is 14.5. The minimum atomic E-state index is 0.227. The van der Waals surface area contributed by atoms with E-state index in [1.807, 2.05) is 13.8 Å². The highest BCUT2D eigenvalue weighted by molar-refractivity contribution is 5.21. The number of aromatic nitrogens is 3. The third kappa shape index (κ3) is 2.98. The quantitative estimate of drug-likeness (QED) is 0.804. The van der Waals surface area contributed by atoms with Gasteiger partial charge in [-0.2, -0.15) is 4.98 Å². The maximum atomic E-state index is 5.58. The van der Waals surface area contributed by atoms with Gasteiger partial charge in [0.1, 0.15) is 5.76 Å². The van der Waals surface area contributed by atoms with Crippen molar-refractivity contribution in [3.63, 3.8) is 0 Å². The molecule has 4 rings (SSSR count). The molecule has 1 saturated carbocycles. The van der Waals surface area contributed by atoms with Crippen LogP contribution in [0.1, 0.15) is 53.4 Å². The molecule has 0 unspecified atom stereocenters. The number of nitrogens with zero attached hydrogens (tertiary/aromatic N) is 4. The van der Waals surface area contributed by atoms with Gasteiger partial charge in [0, 0.05) is 44.1 Å². The molecule has 2 aromatic rings. The molecule has 1 aliphatic carbocycles. The summed E-state index contributed by atoms with van der Waals surface area (Å²) in [7, 11) is 1.75. The van der Waals surface area contributed by atoms with Crippen LogP contribution in [0, 0.1) is 19.8 Å². The molecular formula is C17H24N4O3. The van der Waals surface area contributed by atoms with Crippen molar-refractivity contribution in [1.82, 2.24) is 20.2 Å². The molecule has 0 bridgehead atoms. The summed E-state index contributed by atoms with van der Waals surface area (Å²) in [4.78, 5) is 7.07. The van der Waals surface area contributed by atoms with E-state index in [1.54, 1.807) is 7.11 Å². The van der Waals surface area contributed by atoms with Crippen molar-refractivity contribution in [2.45, 2.75) is 45.1 Å². The predicted molar refractivity (Wildman–Crippen MR) is 85.6 cm³/mol. The molecule has 1 saturated heterocycles. The SMILES string of the molecule is COC[C@@H]1CN(Cc2c(C)noc2C)C[C@H]1c1nc(C2CC2)no1. The minimum Gasteiger partial charge on any atom is -0.384 e. The van der Waals surface area contributed by atoms with Crippen LogP contribution in [0.15, 0.2) is 9.05 Å². The van der Waals surface area contributed by atoms with Crippen molar-refractivity contribution in [1.29, 1.82) is 0 Å². The highest BCUT2D eigenvalue weighted by Gasteiger charge is 2.39. The Morgan fingerprint density at radius 1 is 1.17 bits per heavy atom. The van der Waals surface area contributed by atoms with Crippen molar-refractivity contribution < 1.29 is 13.8 Å². The average Bonchev–Trinajstić information content (AvgIpc) is 3.04. The molecule has 0 amide bonds. The Morgan fingerprint density at radius 3 is 2.67 bits per heavy atom. The van der Waals surface area contributed by atoms with E-state index in [0.717, 1.165) is 42.8 Å². The van der Waals surface area contributed by atoms with Crippen LogP contribution in [0.4, 0.5) is 0 Å². The first-order valence-corrected chi connectivity index (χ1v) is 8.62. The average molecular weight is 332 g/mol. The second-order valence-corrected chi connectivity index (χ2v) is 7.08.